The molecule has 12 heteroatoms. The molecule has 0 bridgehead atoms. The molecule has 4 heterocycles. The minimum Gasteiger partial charge on any atom is -0.309 e. The number of para-hydroxylation sites is 2. The minimum atomic E-state index is -4.57. The molecule has 0 aliphatic rings. The second-order valence-corrected chi connectivity index (χ2v) is 21.4. The summed E-state index contributed by atoms with van der Waals surface area (Å²) < 4.78 is 48.4. The molecule has 87 heavy (non-hydrogen) atoms. The molecular formula is C75H46F3N9. The third-order valence-corrected chi connectivity index (χ3v) is 15.9. The molecule has 0 saturated heterocycles. The van der Waals surface area contributed by atoms with Crippen LogP contribution in [0.15, 0.2) is 261 Å². The van der Waals surface area contributed by atoms with E-state index in [1.165, 1.54) is 12.1 Å². The first-order valence-corrected chi connectivity index (χ1v) is 28.3. The van der Waals surface area contributed by atoms with E-state index in [9.17, 15) is 13.2 Å². The smallest absolute Gasteiger partial charge is 0.309 e. The number of alkyl halides is 3. The second-order valence-electron chi connectivity index (χ2n) is 21.4. The number of aromatic nitrogens is 8. The zero-order chi connectivity index (χ0) is 58.8. The van der Waals surface area contributed by atoms with E-state index in [4.69, 9.17) is 36.5 Å². The SMILES string of the molecule is [C-]#[N+]c1ccc(-n2c3ccccc3c3cc(-c4nc(-c5ccccc5)nc(-c5ccccc5)n4)ccc32)c(-c2ccc(-c3cc(C)cc(C(F)(F)F)c3)cc2-n2c3ccccc3c3cc(-c4nc(-c5ccccc5)nc(-c5ccccc5)n4)ccc32)c1. The van der Waals surface area contributed by atoms with Crippen LogP contribution in [0.2, 0.25) is 0 Å². The van der Waals surface area contributed by atoms with Crippen molar-refractivity contribution in [2.24, 2.45) is 0 Å². The lowest BCUT2D eigenvalue weighted by molar-refractivity contribution is -0.137. The van der Waals surface area contributed by atoms with Crippen LogP contribution in [-0.2, 0) is 6.18 Å². The molecule has 0 radical (unpaired) electrons. The highest BCUT2D eigenvalue weighted by molar-refractivity contribution is 6.13. The van der Waals surface area contributed by atoms with Crippen LogP contribution >= 0.6 is 0 Å². The van der Waals surface area contributed by atoms with E-state index < -0.39 is 11.7 Å². The maximum atomic E-state index is 14.7. The number of hydrogen-bond donors (Lipinski definition) is 0. The lowest BCUT2D eigenvalue weighted by Gasteiger charge is -2.20. The quantitative estimate of drug-likeness (QED) is 0.127. The molecule has 0 atom stereocenters. The van der Waals surface area contributed by atoms with Gasteiger partial charge in [-0.3, -0.25) is 0 Å². The summed E-state index contributed by atoms with van der Waals surface area (Å²) >= 11 is 0. The van der Waals surface area contributed by atoms with Gasteiger partial charge in [-0.05, 0) is 108 Å². The summed E-state index contributed by atoms with van der Waals surface area (Å²) in [6, 6.07) is 84.0. The van der Waals surface area contributed by atoms with Crippen LogP contribution in [0.4, 0.5) is 18.9 Å². The maximum absolute atomic E-state index is 14.7. The predicted molar refractivity (Wildman–Crippen MR) is 341 cm³/mol. The van der Waals surface area contributed by atoms with E-state index in [1.807, 2.05) is 194 Å². The number of benzene rings is 11. The summed E-state index contributed by atoms with van der Waals surface area (Å²) in [5.41, 5.74) is 12.6. The maximum Gasteiger partial charge on any atom is 0.416 e. The number of rotatable bonds is 10. The largest absolute Gasteiger partial charge is 0.416 e. The Bertz CT molecular complexity index is 5110. The van der Waals surface area contributed by atoms with Crippen molar-refractivity contribution in [2.45, 2.75) is 13.1 Å². The molecule has 0 saturated carbocycles. The lowest BCUT2D eigenvalue weighted by atomic mass is 9.94. The van der Waals surface area contributed by atoms with Gasteiger partial charge in [0.05, 0.1) is 45.6 Å². The molecule has 0 aliphatic carbocycles. The van der Waals surface area contributed by atoms with Gasteiger partial charge in [-0.25, -0.2) is 34.7 Å². The number of hydrogen-bond acceptors (Lipinski definition) is 6. The third kappa shape index (κ3) is 9.50. The van der Waals surface area contributed by atoms with Crippen LogP contribution in [0, 0.1) is 13.5 Å². The van der Waals surface area contributed by atoms with Crippen molar-refractivity contribution < 1.29 is 13.2 Å². The second kappa shape index (κ2) is 21.2. The molecular weight excluding hydrogens is 1080 g/mol. The van der Waals surface area contributed by atoms with E-state index in [1.54, 1.807) is 13.0 Å². The van der Waals surface area contributed by atoms with Crippen LogP contribution in [0.5, 0.6) is 0 Å². The summed E-state index contributed by atoms with van der Waals surface area (Å²) in [5.74, 6) is 3.18. The van der Waals surface area contributed by atoms with Gasteiger partial charge in [0.1, 0.15) is 0 Å². The van der Waals surface area contributed by atoms with Gasteiger partial charge in [0, 0.05) is 60.5 Å². The Balaban J connectivity index is 0.954. The Morgan fingerprint density at radius 1 is 0.322 bits per heavy atom. The van der Waals surface area contributed by atoms with E-state index in [2.05, 4.69) is 62.5 Å². The van der Waals surface area contributed by atoms with Crippen LogP contribution in [-0.4, -0.2) is 39.0 Å². The molecule has 15 aromatic rings. The van der Waals surface area contributed by atoms with Gasteiger partial charge >= 0.3 is 6.18 Å². The summed E-state index contributed by atoms with van der Waals surface area (Å²) in [6.07, 6.45) is -4.57. The molecule has 4 aromatic heterocycles. The number of nitrogens with zero attached hydrogens (tertiary/aromatic N) is 9. The monoisotopic (exact) mass is 1130 g/mol. The standard InChI is InChI=1S/C75H46F3N9/c1-46-39-54(41-55(40-46)75(76,77)78)51-31-35-59(68(44-51)87-64-30-18-16-28-58(64)61-43-53(33-37-66(61)87)74-84-71(49-23-11-5-12-24-49)81-72(85-74)50-25-13-6-14-26-50)62-45-56(79-2)34-38-67(62)86-63-29-17-15-27-57(63)60-42-52(32-36-65(60)86)73-82-69(47-19-7-3-8-20-47)80-70(83-73)48-21-9-4-10-22-48/h3-45H,1H3. The van der Waals surface area contributed by atoms with Crippen LogP contribution in [0.3, 0.4) is 0 Å². The Morgan fingerprint density at radius 2 is 0.724 bits per heavy atom. The predicted octanol–water partition coefficient (Wildman–Crippen LogP) is 19.5. The zero-order valence-electron chi connectivity index (χ0n) is 46.5. The first-order chi connectivity index (χ1) is 42.6. The first-order valence-electron chi connectivity index (χ1n) is 28.3. The zero-order valence-corrected chi connectivity index (χ0v) is 46.5. The molecule has 0 unspecified atom stereocenters. The van der Waals surface area contributed by atoms with Crippen molar-refractivity contribution >= 4 is 49.3 Å². The fourth-order valence-electron chi connectivity index (χ4n) is 11.9. The van der Waals surface area contributed by atoms with Crippen LogP contribution < -0.4 is 0 Å². The minimum absolute atomic E-state index is 0.410. The van der Waals surface area contributed by atoms with Crippen molar-refractivity contribution in [3.8, 4) is 102 Å². The topological polar surface area (TPSA) is 91.6 Å². The molecule has 9 nitrogen and oxygen atoms in total. The van der Waals surface area contributed by atoms with Gasteiger partial charge in [-0.2, -0.15) is 13.2 Å². The highest BCUT2D eigenvalue weighted by atomic mass is 19.4. The molecule has 0 amide bonds. The highest BCUT2D eigenvalue weighted by Crippen LogP contribution is 2.45. The van der Waals surface area contributed by atoms with Crippen LogP contribution in [0.25, 0.3) is 150 Å². The average Bonchev–Trinajstić information content (AvgIpc) is 1.89. The van der Waals surface area contributed by atoms with Gasteiger partial charge in [-0.15, -0.1) is 0 Å². The fourth-order valence-corrected chi connectivity index (χ4v) is 11.9. The Kier molecular flexibility index (Phi) is 12.7. The molecule has 412 valence electrons. The Morgan fingerprint density at radius 3 is 1.17 bits per heavy atom. The lowest BCUT2D eigenvalue weighted by Crippen LogP contribution is -2.05. The number of fused-ring (bicyclic) bond motifs is 6. The Hall–Kier alpha value is -11.7. The highest BCUT2D eigenvalue weighted by Gasteiger charge is 2.31. The van der Waals surface area contributed by atoms with Crippen molar-refractivity contribution in [1.82, 2.24) is 39.0 Å². The van der Waals surface area contributed by atoms with Crippen molar-refractivity contribution in [1.29, 1.82) is 0 Å². The molecule has 11 aromatic carbocycles. The van der Waals surface area contributed by atoms with Gasteiger partial charge in [0.25, 0.3) is 0 Å². The van der Waals surface area contributed by atoms with E-state index >= 15 is 0 Å². The van der Waals surface area contributed by atoms with E-state index in [-0.39, 0.29) is 0 Å². The number of halogens is 3. The normalized spacial score (nSPS) is 11.7. The van der Waals surface area contributed by atoms with E-state index in [0.29, 0.717) is 63.0 Å². The summed E-state index contributed by atoms with van der Waals surface area (Å²) in [6.45, 7) is 10.1. The summed E-state index contributed by atoms with van der Waals surface area (Å²) in [5, 5.41) is 3.76. The van der Waals surface area contributed by atoms with Gasteiger partial charge < -0.3 is 9.13 Å². The molecule has 0 fully saturated rings. The Labute approximate surface area is 497 Å². The van der Waals surface area contributed by atoms with Gasteiger partial charge in [-0.1, -0.05) is 182 Å². The summed E-state index contributed by atoms with van der Waals surface area (Å²) in [7, 11) is 0. The van der Waals surface area contributed by atoms with Crippen LogP contribution in [0.1, 0.15) is 11.1 Å². The van der Waals surface area contributed by atoms with Crippen molar-refractivity contribution in [2.75, 3.05) is 0 Å². The van der Waals surface area contributed by atoms with Crippen molar-refractivity contribution in [3.05, 3.63) is 283 Å². The van der Waals surface area contributed by atoms with Gasteiger partial charge in [0.2, 0.25) is 0 Å². The molecule has 15 rings (SSSR count). The average molecular weight is 1130 g/mol. The number of aryl methyl sites for hydroxylation is 1. The first kappa shape index (κ1) is 52.1. The van der Waals surface area contributed by atoms with Crippen molar-refractivity contribution in [3.63, 3.8) is 0 Å². The van der Waals surface area contributed by atoms with Gasteiger partial charge in [0.15, 0.2) is 40.6 Å². The fraction of sp³-hybridized carbons (Fsp3) is 0.0267. The summed E-state index contributed by atoms with van der Waals surface area (Å²) in [4.78, 5) is 34.2. The molecule has 0 N–H and O–H groups in total. The molecule has 0 spiro atoms. The van der Waals surface area contributed by atoms with E-state index in [0.717, 1.165) is 93.8 Å². The third-order valence-electron chi connectivity index (χ3n) is 15.9. The molecule has 0 aliphatic heterocycles.